The van der Waals surface area contributed by atoms with Crippen LogP contribution in [0.3, 0.4) is 0 Å². The third kappa shape index (κ3) is 5.22. The van der Waals surface area contributed by atoms with Crippen LogP contribution in [0.4, 0.5) is 0 Å². The number of hydrogen-bond acceptors (Lipinski definition) is 1. The van der Waals surface area contributed by atoms with Crippen molar-refractivity contribution in [1.82, 2.24) is 0 Å². The Morgan fingerprint density at radius 2 is 1.76 bits per heavy atom. The molecule has 1 N–H and O–H groups in total. The van der Waals surface area contributed by atoms with Gasteiger partial charge in [-0.2, -0.15) is 0 Å². The number of hydrogen-bond donors (Lipinski definition) is 1. The lowest BCUT2D eigenvalue weighted by Gasteiger charge is -2.12. The lowest BCUT2D eigenvalue weighted by molar-refractivity contribution is -0.139. The van der Waals surface area contributed by atoms with Crippen LogP contribution in [0, 0.1) is 0 Å². The zero-order valence-electron chi connectivity index (χ0n) is 9.94. The van der Waals surface area contributed by atoms with E-state index in [1.54, 1.807) is 0 Å². The maximum atomic E-state index is 11.2. The van der Waals surface area contributed by atoms with Gasteiger partial charge in [0.05, 0.1) is 5.92 Å². The zero-order valence-corrected chi connectivity index (χ0v) is 10.7. The zero-order chi connectivity index (χ0) is 12.5. The molecule has 1 rings (SSSR count). The highest BCUT2D eigenvalue weighted by molar-refractivity contribution is 6.17. The molecule has 0 fully saturated rings. The van der Waals surface area contributed by atoms with Gasteiger partial charge in [-0.15, -0.1) is 11.6 Å². The number of halogens is 1. The average Bonchev–Trinajstić information content (AvgIpc) is 2.34. The summed E-state index contributed by atoms with van der Waals surface area (Å²) in [6.07, 6.45) is 4.82. The Kier molecular flexibility index (Phi) is 6.71. The molecule has 0 aliphatic carbocycles. The minimum absolute atomic E-state index is 0.368. The van der Waals surface area contributed by atoms with E-state index < -0.39 is 5.97 Å². The molecule has 94 valence electrons. The van der Waals surface area contributed by atoms with Gasteiger partial charge < -0.3 is 5.11 Å². The first kappa shape index (κ1) is 14.0. The number of carbonyl (C=O) groups is 1. The highest BCUT2D eigenvalue weighted by Gasteiger charge is 2.18. The highest BCUT2D eigenvalue weighted by Crippen LogP contribution is 2.22. The molecule has 1 aromatic rings. The molecule has 0 heterocycles. The summed E-state index contributed by atoms with van der Waals surface area (Å²) in [4.78, 5) is 11.2. The second-order valence-electron chi connectivity index (χ2n) is 4.19. The van der Waals surface area contributed by atoms with Crippen LogP contribution < -0.4 is 0 Å². The molecule has 0 aliphatic rings. The molecule has 0 radical (unpaired) electrons. The number of alkyl halides is 1. The van der Waals surface area contributed by atoms with Crippen LogP contribution >= 0.6 is 11.6 Å². The number of carboxylic acid groups (broad SMARTS) is 1. The van der Waals surface area contributed by atoms with Gasteiger partial charge in [-0.3, -0.25) is 4.79 Å². The maximum absolute atomic E-state index is 11.2. The number of carboxylic acids is 1. The van der Waals surface area contributed by atoms with E-state index in [1.807, 2.05) is 30.3 Å². The summed E-state index contributed by atoms with van der Waals surface area (Å²) in [7, 11) is 0. The molecule has 0 saturated carbocycles. The van der Waals surface area contributed by atoms with E-state index in [9.17, 15) is 9.90 Å². The topological polar surface area (TPSA) is 37.3 Å². The monoisotopic (exact) mass is 254 g/mol. The number of rotatable bonds is 8. The number of aliphatic carboxylic acids is 1. The van der Waals surface area contributed by atoms with Gasteiger partial charge in [0.25, 0.3) is 0 Å². The van der Waals surface area contributed by atoms with E-state index >= 15 is 0 Å². The summed E-state index contributed by atoms with van der Waals surface area (Å²) in [6, 6.07) is 9.45. The lowest BCUT2D eigenvalue weighted by atomic mass is 9.93. The SMILES string of the molecule is O=C(O)C(CCCCCCCl)c1ccccc1. The van der Waals surface area contributed by atoms with Gasteiger partial charge in [-0.1, -0.05) is 49.6 Å². The molecule has 2 nitrogen and oxygen atoms in total. The maximum Gasteiger partial charge on any atom is 0.310 e. The Balaban J connectivity index is 2.42. The molecule has 0 bridgehead atoms. The molecule has 17 heavy (non-hydrogen) atoms. The molecule has 1 unspecified atom stereocenters. The fourth-order valence-electron chi connectivity index (χ4n) is 1.91. The number of benzene rings is 1. The van der Waals surface area contributed by atoms with Crippen LogP contribution in [0.1, 0.15) is 43.6 Å². The molecule has 1 atom stereocenters. The third-order valence-electron chi connectivity index (χ3n) is 2.88. The first-order valence-electron chi connectivity index (χ1n) is 6.09. The van der Waals surface area contributed by atoms with Gasteiger partial charge in [0, 0.05) is 5.88 Å². The second-order valence-corrected chi connectivity index (χ2v) is 4.57. The molecule has 0 saturated heterocycles. The minimum Gasteiger partial charge on any atom is -0.481 e. The molecular weight excluding hydrogens is 236 g/mol. The van der Waals surface area contributed by atoms with Gasteiger partial charge in [0.2, 0.25) is 0 Å². The van der Waals surface area contributed by atoms with Crippen molar-refractivity contribution in [3.8, 4) is 0 Å². The van der Waals surface area contributed by atoms with Crippen molar-refractivity contribution in [2.24, 2.45) is 0 Å². The summed E-state index contributed by atoms with van der Waals surface area (Å²) in [5, 5.41) is 9.21. The van der Waals surface area contributed by atoms with Crippen molar-refractivity contribution in [3.05, 3.63) is 35.9 Å². The van der Waals surface area contributed by atoms with Crippen molar-refractivity contribution in [3.63, 3.8) is 0 Å². The fourth-order valence-corrected chi connectivity index (χ4v) is 2.10. The van der Waals surface area contributed by atoms with E-state index in [1.165, 1.54) is 0 Å². The van der Waals surface area contributed by atoms with Crippen molar-refractivity contribution in [2.45, 2.75) is 38.0 Å². The standard InChI is InChI=1S/C14H19ClO2/c15-11-7-2-1-6-10-13(14(16)17)12-8-4-3-5-9-12/h3-5,8-9,13H,1-2,6-7,10-11H2,(H,16,17). The molecule has 3 heteroatoms. The smallest absolute Gasteiger partial charge is 0.310 e. The van der Waals surface area contributed by atoms with Gasteiger partial charge >= 0.3 is 5.97 Å². The van der Waals surface area contributed by atoms with Crippen molar-refractivity contribution < 1.29 is 9.90 Å². The number of unbranched alkanes of at least 4 members (excludes halogenated alkanes) is 3. The normalized spacial score (nSPS) is 12.3. The van der Waals surface area contributed by atoms with Crippen LogP contribution in [0.5, 0.6) is 0 Å². The van der Waals surface area contributed by atoms with Crippen LogP contribution in [0.15, 0.2) is 30.3 Å². The van der Waals surface area contributed by atoms with E-state index in [-0.39, 0.29) is 5.92 Å². The van der Waals surface area contributed by atoms with Crippen molar-refractivity contribution in [1.29, 1.82) is 0 Å². The van der Waals surface area contributed by atoms with Gasteiger partial charge in [-0.25, -0.2) is 0 Å². The predicted octanol–water partition coefficient (Wildman–Crippen LogP) is 4.04. The Hall–Kier alpha value is -1.02. The molecular formula is C14H19ClO2. The van der Waals surface area contributed by atoms with Crippen LogP contribution in [0.2, 0.25) is 0 Å². The molecule has 0 aliphatic heterocycles. The van der Waals surface area contributed by atoms with E-state index in [0.29, 0.717) is 12.3 Å². The summed E-state index contributed by atoms with van der Waals surface area (Å²) in [6.45, 7) is 0. The van der Waals surface area contributed by atoms with Crippen LogP contribution in [0.25, 0.3) is 0 Å². The molecule has 0 aromatic heterocycles. The van der Waals surface area contributed by atoms with E-state index in [0.717, 1.165) is 31.2 Å². The van der Waals surface area contributed by atoms with Gasteiger partial charge in [0.15, 0.2) is 0 Å². The predicted molar refractivity (Wildman–Crippen MR) is 70.6 cm³/mol. The van der Waals surface area contributed by atoms with E-state index in [2.05, 4.69) is 0 Å². The summed E-state index contributed by atoms with van der Waals surface area (Å²) < 4.78 is 0. The summed E-state index contributed by atoms with van der Waals surface area (Å²) in [5.41, 5.74) is 0.900. The van der Waals surface area contributed by atoms with Crippen molar-refractivity contribution in [2.75, 3.05) is 5.88 Å². The highest BCUT2D eigenvalue weighted by atomic mass is 35.5. The Labute approximate surface area is 108 Å². The van der Waals surface area contributed by atoms with Gasteiger partial charge in [0.1, 0.15) is 0 Å². The van der Waals surface area contributed by atoms with Crippen molar-refractivity contribution >= 4 is 17.6 Å². The summed E-state index contributed by atoms with van der Waals surface area (Å²) >= 11 is 5.60. The first-order valence-corrected chi connectivity index (χ1v) is 6.63. The summed E-state index contributed by atoms with van der Waals surface area (Å²) in [5.74, 6) is -0.401. The molecule has 0 spiro atoms. The fraction of sp³-hybridized carbons (Fsp3) is 0.500. The average molecular weight is 255 g/mol. The second kappa shape index (κ2) is 8.13. The lowest BCUT2D eigenvalue weighted by Crippen LogP contribution is -2.11. The van der Waals surface area contributed by atoms with Crippen LogP contribution in [-0.2, 0) is 4.79 Å². The first-order chi connectivity index (χ1) is 8.25. The van der Waals surface area contributed by atoms with E-state index in [4.69, 9.17) is 11.6 Å². The Bertz CT molecular complexity index is 324. The van der Waals surface area contributed by atoms with Gasteiger partial charge in [-0.05, 0) is 18.4 Å². The minimum atomic E-state index is -0.728. The Morgan fingerprint density at radius 1 is 1.12 bits per heavy atom. The van der Waals surface area contributed by atoms with Crippen LogP contribution in [-0.4, -0.2) is 17.0 Å². The quantitative estimate of drug-likeness (QED) is 0.561. The molecule has 1 aromatic carbocycles. The molecule has 0 amide bonds. The largest absolute Gasteiger partial charge is 0.481 e. The Morgan fingerprint density at radius 3 is 2.35 bits per heavy atom. The third-order valence-corrected chi connectivity index (χ3v) is 3.14.